The lowest BCUT2D eigenvalue weighted by molar-refractivity contribution is 0.446. The van der Waals surface area contributed by atoms with Crippen LogP contribution in [0.5, 0.6) is 0 Å². The van der Waals surface area contributed by atoms with Gasteiger partial charge in [0.25, 0.3) is 0 Å². The number of nitrogens with zero attached hydrogens (tertiary/aromatic N) is 1. The van der Waals surface area contributed by atoms with E-state index in [0.717, 1.165) is 15.9 Å². The van der Waals surface area contributed by atoms with Crippen LogP contribution in [0.15, 0.2) is 44.0 Å². The van der Waals surface area contributed by atoms with Gasteiger partial charge in [-0.3, -0.25) is 4.98 Å². The predicted octanol–water partition coefficient (Wildman–Crippen LogP) is 3.44. The molecule has 2 aromatic rings. The quantitative estimate of drug-likeness (QED) is 0.926. The van der Waals surface area contributed by atoms with Gasteiger partial charge in [0.15, 0.2) is 4.67 Å². The Morgan fingerprint density at radius 1 is 1.25 bits per heavy atom. The molecule has 0 aliphatic carbocycles. The van der Waals surface area contributed by atoms with Crippen LogP contribution < -0.4 is 5.73 Å². The average molecular weight is 346 g/mol. The predicted molar refractivity (Wildman–Crippen MR) is 69.0 cm³/mol. The van der Waals surface area contributed by atoms with Crippen LogP contribution in [0.1, 0.15) is 17.5 Å². The molecule has 2 aromatic heterocycles. The summed E-state index contributed by atoms with van der Waals surface area (Å²) in [4.78, 5) is 4.27. The monoisotopic (exact) mass is 344 g/mol. The molecule has 0 saturated carbocycles. The Balaban J connectivity index is 2.07. The first-order valence-electron chi connectivity index (χ1n) is 4.76. The summed E-state index contributed by atoms with van der Waals surface area (Å²) in [5.74, 6) is 0.761. The summed E-state index contributed by atoms with van der Waals surface area (Å²) in [5.41, 5.74) is 6.96. The number of pyridine rings is 1. The highest BCUT2D eigenvalue weighted by Crippen LogP contribution is 2.21. The molecule has 2 rings (SSSR count). The third-order valence-electron chi connectivity index (χ3n) is 2.18. The van der Waals surface area contributed by atoms with Crippen LogP contribution in [0.2, 0.25) is 0 Å². The second kappa shape index (κ2) is 5.12. The molecule has 2 heterocycles. The maximum Gasteiger partial charge on any atom is 0.169 e. The van der Waals surface area contributed by atoms with E-state index in [-0.39, 0.29) is 6.04 Å². The van der Waals surface area contributed by atoms with E-state index >= 15 is 0 Å². The van der Waals surface area contributed by atoms with Gasteiger partial charge >= 0.3 is 0 Å². The van der Waals surface area contributed by atoms with Gasteiger partial charge in [-0.2, -0.15) is 0 Å². The van der Waals surface area contributed by atoms with E-state index < -0.39 is 0 Å². The number of hydrogen-bond acceptors (Lipinski definition) is 3. The standard InChI is InChI=1S/C11H10Br2N2O/c12-7-1-2-8(15-6-7)5-9(14)10-3-4-11(13)16-10/h1-4,6,9H,5,14H2. The van der Waals surface area contributed by atoms with E-state index in [1.165, 1.54) is 0 Å². The van der Waals surface area contributed by atoms with Crippen molar-refractivity contribution in [3.63, 3.8) is 0 Å². The Hall–Kier alpha value is -0.650. The number of aromatic nitrogens is 1. The van der Waals surface area contributed by atoms with Crippen molar-refractivity contribution in [2.75, 3.05) is 0 Å². The normalized spacial score (nSPS) is 12.7. The topological polar surface area (TPSA) is 52.0 Å². The van der Waals surface area contributed by atoms with Crippen LogP contribution >= 0.6 is 31.9 Å². The summed E-state index contributed by atoms with van der Waals surface area (Å²) in [6.07, 6.45) is 2.42. The molecule has 0 aromatic carbocycles. The molecule has 5 heteroatoms. The first-order valence-corrected chi connectivity index (χ1v) is 6.35. The zero-order chi connectivity index (χ0) is 11.5. The third kappa shape index (κ3) is 2.93. The fraction of sp³-hybridized carbons (Fsp3) is 0.182. The summed E-state index contributed by atoms with van der Waals surface area (Å²) in [6, 6.07) is 7.44. The molecule has 0 spiro atoms. The van der Waals surface area contributed by atoms with E-state index in [4.69, 9.17) is 10.2 Å². The first kappa shape index (κ1) is 11.8. The molecule has 0 fully saturated rings. The summed E-state index contributed by atoms with van der Waals surface area (Å²) in [5, 5.41) is 0. The van der Waals surface area contributed by atoms with Crippen LogP contribution in [-0.2, 0) is 6.42 Å². The number of rotatable bonds is 3. The minimum Gasteiger partial charge on any atom is -0.453 e. The van der Waals surface area contributed by atoms with Crippen molar-refractivity contribution in [2.24, 2.45) is 5.73 Å². The number of furan rings is 1. The Morgan fingerprint density at radius 2 is 2.06 bits per heavy atom. The highest BCUT2D eigenvalue weighted by atomic mass is 79.9. The third-order valence-corrected chi connectivity index (χ3v) is 3.07. The van der Waals surface area contributed by atoms with E-state index in [2.05, 4.69) is 36.8 Å². The molecule has 1 atom stereocenters. The van der Waals surface area contributed by atoms with Crippen LogP contribution in [0, 0.1) is 0 Å². The fourth-order valence-electron chi connectivity index (χ4n) is 1.38. The Bertz CT molecular complexity index is 467. The zero-order valence-corrected chi connectivity index (χ0v) is 11.5. The molecule has 2 N–H and O–H groups in total. The zero-order valence-electron chi connectivity index (χ0n) is 8.36. The van der Waals surface area contributed by atoms with E-state index in [0.29, 0.717) is 11.1 Å². The van der Waals surface area contributed by atoms with Crippen LogP contribution in [0.3, 0.4) is 0 Å². The molecule has 16 heavy (non-hydrogen) atoms. The van der Waals surface area contributed by atoms with Crippen molar-refractivity contribution in [3.05, 3.63) is 51.1 Å². The maximum atomic E-state index is 6.01. The van der Waals surface area contributed by atoms with Gasteiger partial charge in [0.1, 0.15) is 5.76 Å². The van der Waals surface area contributed by atoms with E-state index in [1.807, 2.05) is 24.3 Å². The molecule has 0 radical (unpaired) electrons. The van der Waals surface area contributed by atoms with Crippen molar-refractivity contribution in [1.82, 2.24) is 4.98 Å². The van der Waals surface area contributed by atoms with Gasteiger partial charge in [0.2, 0.25) is 0 Å². The molecule has 0 amide bonds. The lowest BCUT2D eigenvalue weighted by Crippen LogP contribution is -2.13. The average Bonchev–Trinajstić information content (AvgIpc) is 2.68. The molecule has 0 bridgehead atoms. The molecule has 84 valence electrons. The summed E-state index contributed by atoms with van der Waals surface area (Å²) in [6.45, 7) is 0. The van der Waals surface area contributed by atoms with Crippen molar-refractivity contribution in [1.29, 1.82) is 0 Å². The Labute approximate surface area is 110 Å². The number of hydrogen-bond donors (Lipinski definition) is 1. The molecule has 0 aliphatic heterocycles. The Kier molecular flexibility index (Phi) is 3.78. The van der Waals surface area contributed by atoms with Crippen LogP contribution in [-0.4, -0.2) is 4.98 Å². The second-order valence-corrected chi connectivity index (χ2v) is 5.12. The van der Waals surface area contributed by atoms with Gasteiger partial charge in [-0.25, -0.2) is 0 Å². The minimum atomic E-state index is -0.167. The van der Waals surface area contributed by atoms with Crippen LogP contribution in [0.4, 0.5) is 0 Å². The lowest BCUT2D eigenvalue weighted by Gasteiger charge is -2.07. The molecule has 0 saturated heterocycles. The Morgan fingerprint density at radius 3 is 2.62 bits per heavy atom. The van der Waals surface area contributed by atoms with Gasteiger partial charge in [-0.15, -0.1) is 0 Å². The van der Waals surface area contributed by atoms with Gasteiger partial charge < -0.3 is 10.2 Å². The van der Waals surface area contributed by atoms with Gasteiger partial charge in [-0.05, 0) is 56.1 Å². The first-order chi connectivity index (χ1) is 7.65. The van der Waals surface area contributed by atoms with E-state index in [1.54, 1.807) is 6.20 Å². The smallest absolute Gasteiger partial charge is 0.169 e. The van der Waals surface area contributed by atoms with Crippen molar-refractivity contribution in [2.45, 2.75) is 12.5 Å². The molecule has 0 aliphatic rings. The maximum absolute atomic E-state index is 6.01. The highest BCUT2D eigenvalue weighted by Gasteiger charge is 2.11. The molecular weight excluding hydrogens is 336 g/mol. The van der Waals surface area contributed by atoms with E-state index in [9.17, 15) is 0 Å². The van der Waals surface area contributed by atoms with Gasteiger partial charge in [0.05, 0.1) is 6.04 Å². The largest absolute Gasteiger partial charge is 0.453 e. The summed E-state index contributed by atoms with van der Waals surface area (Å²) >= 11 is 6.59. The summed E-state index contributed by atoms with van der Waals surface area (Å²) < 4.78 is 7.06. The molecule has 3 nitrogen and oxygen atoms in total. The summed E-state index contributed by atoms with van der Waals surface area (Å²) in [7, 11) is 0. The number of halogens is 2. The number of nitrogens with two attached hydrogens (primary N) is 1. The van der Waals surface area contributed by atoms with Gasteiger partial charge in [0, 0.05) is 22.8 Å². The second-order valence-electron chi connectivity index (χ2n) is 3.42. The van der Waals surface area contributed by atoms with Crippen molar-refractivity contribution in [3.8, 4) is 0 Å². The van der Waals surface area contributed by atoms with Crippen molar-refractivity contribution < 1.29 is 4.42 Å². The van der Waals surface area contributed by atoms with Gasteiger partial charge in [-0.1, -0.05) is 0 Å². The lowest BCUT2D eigenvalue weighted by atomic mass is 10.1. The molecule has 1 unspecified atom stereocenters. The highest BCUT2D eigenvalue weighted by molar-refractivity contribution is 9.10. The minimum absolute atomic E-state index is 0.167. The fourth-order valence-corrected chi connectivity index (χ4v) is 1.93. The molecular formula is C11H10Br2N2O. The SMILES string of the molecule is NC(Cc1ccc(Br)cn1)c1ccc(Br)o1. The van der Waals surface area contributed by atoms with Crippen molar-refractivity contribution >= 4 is 31.9 Å². The van der Waals surface area contributed by atoms with Crippen LogP contribution in [0.25, 0.3) is 0 Å².